The van der Waals surface area contributed by atoms with Crippen molar-refractivity contribution in [2.75, 3.05) is 39.6 Å². The first kappa shape index (κ1) is 35.8. The van der Waals surface area contributed by atoms with Gasteiger partial charge in [0.1, 0.15) is 5.60 Å². The second-order valence-electron chi connectivity index (χ2n) is 11.4. The number of carbonyl (C=O) groups is 2. The number of ketones is 1. The van der Waals surface area contributed by atoms with Crippen LogP contribution < -0.4 is 0 Å². The number of tetrazole rings is 1. The Labute approximate surface area is 261 Å². The van der Waals surface area contributed by atoms with Crippen LogP contribution in [0.5, 0.6) is 0 Å². The number of carbonyl (C=O) groups excluding carboxylic acids is 2. The van der Waals surface area contributed by atoms with Crippen molar-refractivity contribution in [1.29, 1.82) is 0 Å². The molecule has 0 aliphatic carbocycles. The molecular formula is C32H41F3N4O6. The Morgan fingerprint density at radius 3 is 1.98 bits per heavy atom. The van der Waals surface area contributed by atoms with E-state index in [2.05, 4.69) is 15.4 Å². The van der Waals surface area contributed by atoms with Crippen molar-refractivity contribution in [2.24, 2.45) is 7.05 Å². The first-order chi connectivity index (χ1) is 21.3. The molecule has 0 atom stereocenters. The molecule has 3 rings (SSSR count). The highest BCUT2D eigenvalue weighted by Gasteiger charge is 2.30. The van der Waals surface area contributed by atoms with Crippen molar-refractivity contribution in [2.45, 2.75) is 64.7 Å². The van der Waals surface area contributed by atoms with Crippen LogP contribution in [0.15, 0.2) is 42.5 Å². The van der Waals surface area contributed by atoms with Crippen molar-refractivity contribution in [3.05, 3.63) is 64.7 Å². The zero-order valence-corrected chi connectivity index (χ0v) is 26.2. The van der Waals surface area contributed by atoms with Gasteiger partial charge in [-0.05, 0) is 74.6 Å². The van der Waals surface area contributed by atoms with Gasteiger partial charge < -0.3 is 18.9 Å². The minimum absolute atomic E-state index is 0.0788. The van der Waals surface area contributed by atoms with Gasteiger partial charge in [0.2, 0.25) is 5.82 Å². The molecule has 2 aromatic carbocycles. The smallest absolute Gasteiger partial charge is 0.416 e. The highest BCUT2D eigenvalue weighted by Crippen LogP contribution is 2.30. The summed E-state index contributed by atoms with van der Waals surface area (Å²) in [6.45, 7) is 7.94. The standard InChI is InChI=1S/C32H41F3N4O6/c1-31(2,3)45-29(41)8-6-16-43-18-20-44-19-17-42-15-5-7-28(40)25-12-11-24(27(22-25)30-36-38-39(4)37-30)21-23-9-13-26(14-10-23)32(33,34)35/h9-14,22H,5-8,15-21H2,1-4H3. The lowest BCUT2D eigenvalue weighted by Gasteiger charge is -2.19. The number of Topliss-reactive ketones (excluding diaryl/α,β-unsaturated/α-hetero) is 1. The van der Waals surface area contributed by atoms with Crippen LogP contribution in [0.2, 0.25) is 0 Å². The molecule has 0 aliphatic heterocycles. The summed E-state index contributed by atoms with van der Waals surface area (Å²) in [5.74, 6) is 0.00602. The van der Waals surface area contributed by atoms with Crippen molar-refractivity contribution in [1.82, 2.24) is 20.2 Å². The maximum absolute atomic E-state index is 13.0. The molecule has 0 N–H and O–H groups in total. The van der Waals surface area contributed by atoms with Crippen LogP contribution >= 0.6 is 0 Å². The fraction of sp³-hybridized carbons (Fsp3) is 0.531. The Morgan fingerprint density at radius 1 is 0.822 bits per heavy atom. The number of hydrogen-bond acceptors (Lipinski definition) is 9. The molecule has 1 aromatic heterocycles. The predicted molar refractivity (Wildman–Crippen MR) is 160 cm³/mol. The van der Waals surface area contributed by atoms with E-state index >= 15 is 0 Å². The van der Waals surface area contributed by atoms with Crippen LogP contribution in [0.3, 0.4) is 0 Å². The number of rotatable bonds is 18. The molecule has 1 heterocycles. The van der Waals surface area contributed by atoms with Crippen LogP contribution in [0.25, 0.3) is 11.4 Å². The van der Waals surface area contributed by atoms with Gasteiger partial charge >= 0.3 is 12.1 Å². The van der Waals surface area contributed by atoms with Crippen molar-refractivity contribution >= 4 is 11.8 Å². The number of benzene rings is 2. The molecule has 45 heavy (non-hydrogen) atoms. The van der Waals surface area contributed by atoms with Crippen molar-refractivity contribution in [3.8, 4) is 11.4 Å². The quantitative estimate of drug-likeness (QED) is 0.0999. The number of aromatic nitrogens is 4. The van der Waals surface area contributed by atoms with E-state index in [1.807, 2.05) is 20.8 Å². The molecule has 0 saturated carbocycles. The van der Waals surface area contributed by atoms with Crippen molar-refractivity contribution in [3.63, 3.8) is 0 Å². The predicted octanol–water partition coefficient (Wildman–Crippen LogP) is 5.62. The van der Waals surface area contributed by atoms with Crippen LogP contribution in [-0.4, -0.2) is 77.2 Å². The topological polar surface area (TPSA) is 115 Å². The Balaban J connectivity index is 1.37. The second kappa shape index (κ2) is 17.1. The first-order valence-electron chi connectivity index (χ1n) is 14.8. The van der Waals surface area contributed by atoms with E-state index in [0.717, 1.165) is 17.7 Å². The van der Waals surface area contributed by atoms with E-state index in [-0.39, 0.29) is 18.2 Å². The summed E-state index contributed by atoms with van der Waals surface area (Å²) < 4.78 is 60.6. The summed E-state index contributed by atoms with van der Waals surface area (Å²) in [4.78, 5) is 25.9. The molecule has 0 aliphatic rings. The van der Waals surface area contributed by atoms with Gasteiger partial charge in [-0.3, -0.25) is 9.59 Å². The molecule has 0 unspecified atom stereocenters. The second-order valence-corrected chi connectivity index (χ2v) is 11.4. The largest absolute Gasteiger partial charge is 0.460 e. The summed E-state index contributed by atoms with van der Waals surface area (Å²) in [5, 5.41) is 12.2. The summed E-state index contributed by atoms with van der Waals surface area (Å²) >= 11 is 0. The Bertz CT molecular complexity index is 1370. The van der Waals surface area contributed by atoms with Gasteiger partial charge in [0.05, 0.1) is 39.0 Å². The van der Waals surface area contributed by atoms with Gasteiger partial charge in [0, 0.05) is 37.2 Å². The average Bonchev–Trinajstić information content (AvgIpc) is 3.40. The van der Waals surface area contributed by atoms with Crippen molar-refractivity contribution < 1.29 is 41.7 Å². The SMILES string of the molecule is Cn1nnc(-c2cc(C(=O)CCCOCCOCCOCCCC(=O)OC(C)(C)C)ccc2Cc2ccc(C(F)(F)F)cc2)n1. The maximum Gasteiger partial charge on any atom is 0.416 e. The monoisotopic (exact) mass is 634 g/mol. The van der Waals surface area contributed by atoms with Gasteiger partial charge in [-0.2, -0.15) is 18.0 Å². The van der Waals surface area contributed by atoms with E-state index in [0.29, 0.717) is 87.8 Å². The van der Waals surface area contributed by atoms with Gasteiger partial charge in [0.15, 0.2) is 5.78 Å². The molecule has 0 bridgehead atoms. The lowest BCUT2D eigenvalue weighted by Crippen LogP contribution is -2.23. The van der Waals surface area contributed by atoms with Gasteiger partial charge in [0.25, 0.3) is 0 Å². The Hall–Kier alpha value is -3.68. The molecule has 246 valence electrons. The molecule has 0 saturated heterocycles. The molecule has 0 radical (unpaired) electrons. The van der Waals surface area contributed by atoms with Crippen LogP contribution in [-0.2, 0) is 43.4 Å². The fourth-order valence-electron chi connectivity index (χ4n) is 4.27. The third-order valence-electron chi connectivity index (χ3n) is 6.38. The third kappa shape index (κ3) is 13.1. The van der Waals surface area contributed by atoms with E-state index < -0.39 is 17.3 Å². The van der Waals surface area contributed by atoms with Gasteiger partial charge in [-0.15, -0.1) is 10.2 Å². The Morgan fingerprint density at radius 2 is 1.42 bits per heavy atom. The highest BCUT2D eigenvalue weighted by molar-refractivity contribution is 5.97. The maximum atomic E-state index is 13.0. The summed E-state index contributed by atoms with van der Waals surface area (Å²) in [6.07, 6.45) is -2.39. The number of alkyl halides is 3. The molecular weight excluding hydrogens is 593 g/mol. The molecule has 10 nitrogen and oxygen atoms in total. The third-order valence-corrected chi connectivity index (χ3v) is 6.38. The average molecular weight is 635 g/mol. The fourth-order valence-corrected chi connectivity index (χ4v) is 4.27. The van der Waals surface area contributed by atoms with Gasteiger partial charge in [-0.1, -0.05) is 24.3 Å². The summed E-state index contributed by atoms with van der Waals surface area (Å²) in [6, 6.07) is 10.2. The normalized spacial score (nSPS) is 12.0. The molecule has 0 amide bonds. The lowest BCUT2D eigenvalue weighted by molar-refractivity contribution is -0.155. The summed E-state index contributed by atoms with van der Waals surface area (Å²) in [7, 11) is 1.62. The zero-order chi connectivity index (χ0) is 32.9. The minimum Gasteiger partial charge on any atom is -0.460 e. The van der Waals surface area contributed by atoms with Crippen LogP contribution in [0.1, 0.15) is 73.5 Å². The summed E-state index contributed by atoms with van der Waals surface area (Å²) in [5.41, 5.74) is 1.30. The number of ether oxygens (including phenoxy) is 4. The molecule has 0 fully saturated rings. The van der Waals surface area contributed by atoms with E-state index in [1.165, 1.54) is 16.9 Å². The van der Waals surface area contributed by atoms with Crippen LogP contribution in [0, 0.1) is 0 Å². The lowest BCUT2D eigenvalue weighted by atomic mass is 9.95. The number of nitrogens with zero attached hydrogens (tertiary/aromatic N) is 4. The minimum atomic E-state index is -4.41. The molecule has 3 aromatic rings. The van der Waals surface area contributed by atoms with Gasteiger partial charge in [-0.25, -0.2) is 0 Å². The highest BCUT2D eigenvalue weighted by atomic mass is 19.4. The molecule has 13 heteroatoms. The van der Waals surface area contributed by atoms with E-state index in [9.17, 15) is 22.8 Å². The number of hydrogen-bond donors (Lipinski definition) is 0. The van der Waals surface area contributed by atoms with Crippen LogP contribution in [0.4, 0.5) is 13.2 Å². The first-order valence-corrected chi connectivity index (χ1v) is 14.8. The number of halogens is 3. The molecule has 0 spiro atoms. The Kier molecular flexibility index (Phi) is 13.6. The van der Waals surface area contributed by atoms with E-state index in [4.69, 9.17) is 18.9 Å². The van der Waals surface area contributed by atoms with E-state index in [1.54, 1.807) is 25.2 Å². The zero-order valence-electron chi connectivity index (χ0n) is 26.2. The number of esters is 1. The number of aryl methyl sites for hydroxylation is 1.